The van der Waals surface area contributed by atoms with E-state index < -0.39 is 15.1 Å². The summed E-state index contributed by atoms with van der Waals surface area (Å²) in [6, 6.07) is 0.193. The van der Waals surface area contributed by atoms with Crippen LogP contribution >= 0.6 is 0 Å². The van der Waals surface area contributed by atoms with Crippen molar-refractivity contribution in [1.82, 2.24) is 25.2 Å². The number of hydrogen-bond donors (Lipinski definition) is 0. The van der Waals surface area contributed by atoms with Gasteiger partial charge in [-0.05, 0) is 30.2 Å². The minimum absolute atomic E-state index is 0.193. The Labute approximate surface area is 135 Å². The first kappa shape index (κ1) is 16.1. The molecule has 1 atom stereocenters. The summed E-state index contributed by atoms with van der Waals surface area (Å²) in [7, 11) is -3.48. The molecule has 1 saturated carbocycles. The summed E-state index contributed by atoms with van der Waals surface area (Å²) in [5.74, 6) is 1.00. The highest BCUT2D eigenvalue weighted by Gasteiger charge is 2.31. The number of oxazole rings is 1. The maximum atomic E-state index is 12.6. The second kappa shape index (κ2) is 6.38. The summed E-state index contributed by atoms with van der Waals surface area (Å²) in [6.45, 7) is 3.31. The third-order valence-electron chi connectivity index (χ3n) is 4.35. The van der Waals surface area contributed by atoms with Crippen molar-refractivity contribution in [3.63, 3.8) is 0 Å². The molecule has 0 radical (unpaired) electrons. The normalized spacial score (nSPS) is 18.2. The van der Waals surface area contributed by atoms with Crippen LogP contribution in [0, 0.1) is 6.92 Å². The van der Waals surface area contributed by atoms with E-state index in [0.717, 1.165) is 25.7 Å². The predicted octanol–water partition coefficient (Wildman–Crippen LogP) is 2.15. The Hall–Kier alpha value is -1.77. The zero-order valence-corrected chi connectivity index (χ0v) is 14.2. The molecule has 2 aromatic heterocycles. The smallest absolute Gasteiger partial charge is 0.191 e. The highest BCUT2D eigenvalue weighted by atomic mass is 32.2. The SMILES string of the molecule is Cc1ncc(CS(=O)(=O)C(C)c2nnnn2C2CCCCC2)o1. The summed E-state index contributed by atoms with van der Waals surface area (Å²) in [6.07, 6.45) is 6.90. The Balaban J connectivity index is 1.82. The fourth-order valence-corrected chi connectivity index (χ4v) is 4.27. The van der Waals surface area contributed by atoms with Gasteiger partial charge in [0.2, 0.25) is 0 Å². The van der Waals surface area contributed by atoms with Crippen LogP contribution in [0.3, 0.4) is 0 Å². The van der Waals surface area contributed by atoms with Gasteiger partial charge in [0.15, 0.2) is 21.6 Å². The minimum Gasteiger partial charge on any atom is -0.445 e. The van der Waals surface area contributed by atoms with Gasteiger partial charge in [-0.25, -0.2) is 18.1 Å². The molecule has 1 aliphatic rings. The number of tetrazole rings is 1. The standard InChI is InChI=1S/C14H21N5O3S/c1-10(23(20,21)9-13-8-15-11(2)22-13)14-16-17-18-19(14)12-6-4-3-5-7-12/h8,10,12H,3-7,9H2,1-2H3. The lowest BCUT2D eigenvalue weighted by Gasteiger charge is -2.23. The Morgan fingerprint density at radius 3 is 2.74 bits per heavy atom. The van der Waals surface area contributed by atoms with Crippen LogP contribution in [0.15, 0.2) is 10.6 Å². The minimum atomic E-state index is -3.48. The molecule has 3 rings (SSSR count). The molecule has 0 spiro atoms. The van der Waals surface area contributed by atoms with Crippen molar-refractivity contribution in [2.75, 3.05) is 0 Å². The molecule has 126 valence electrons. The molecule has 0 aliphatic heterocycles. The highest BCUT2D eigenvalue weighted by Crippen LogP contribution is 2.31. The summed E-state index contributed by atoms with van der Waals surface area (Å²) < 4.78 is 32.3. The van der Waals surface area contributed by atoms with E-state index in [4.69, 9.17) is 4.42 Å². The fourth-order valence-electron chi connectivity index (χ4n) is 3.01. The molecule has 0 bridgehead atoms. The van der Waals surface area contributed by atoms with Crippen molar-refractivity contribution in [2.45, 2.75) is 63.0 Å². The van der Waals surface area contributed by atoms with E-state index >= 15 is 0 Å². The first-order chi connectivity index (χ1) is 11.0. The zero-order valence-electron chi connectivity index (χ0n) is 13.3. The zero-order chi connectivity index (χ0) is 16.4. The van der Waals surface area contributed by atoms with Crippen LogP contribution in [0.25, 0.3) is 0 Å². The fraction of sp³-hybridized carbons (Fsp3) is 0.714. The molecular formula is C14H21N5O3S. The van der Waals surface area contributed by atoms with Crippen LogP contribution in [-0.2, 0) is 15.6 Å². The molecule has 1 unspecified atom stereocenters. The Morgan fingerprint density at radius 2 is 2.09 bits per heavy atom. The van der Waals surface area contributed by atoms with Crippen LogP contribution in [0.5, 0.6) is 0 Å². The van der Waals surface area contributed by atoms with Gasteiger partial charge in [-0.2, -0.15) is 0 Å². The van der Waals surface area contributed by atoms with Gasteiger partial charge >= 0.3 is 0 Å². The molecule has 0 saturated heterocycles. The number of nitrogens with zero attached hydrogens (tertiary/aromatic N) is 5. The van der Waals surface area contributed by atoms with Gasteiger partial charge in [-0.15, -0.1) is 5.10 Å². The van der Waals surface area contributed by atoms with Crippen molar-refractivity contribution in [3.05, 3.63) is 23.7 Å². The van der Waals surface area contributed by atoms with Gasteiger partial charge in [0, 0.05) is 6.92 Å². The van der Waals surface area contributed by atoms with E-state index in [1.165, 1.54) is 12.6 Å². The molecule has 8 nitrogen and oxygen atoms in total. The lowest BCUT2D eigenvalue weighted by Crippen LogP contribution is -2.22. The lowest BCUT2D eigenvalue weighted by molar-refractivity contribution is 0.316. The molecule has 23 heavy (non-hydrogen) atoms. The van der Waals surface area contributed by atoms with Crippen molar-refractivity contribution < 1.29 is 12.8 Å². The molecule has 1 fully saturated rings. The molecular weight excluding hydrogens is 318 g/mol. The Kier molecular flexibility index (Phi) is 4.47. The van der Waals surface area contributed by atoms with Gasteiger partial charge < -0.3 is 4.42 Å². The van der Waals surface area contributed by atoms with Gasteiger partial charge in [0.1, 0.15) is 16.8 Å². The summed E-state index contributed by atoms with van der Waals surface area (Å²) in [5, 5.41) is 10.9. The number of rotatable bonds is 5. The number of aromatic nitrogens is 5. The predicted molar refractivity (Wildman–Crippen MR) is 82.2 cm³/mol. The van der Waals surface area contributed by atoms with Crippen LogP contribution in [0.2, 0.25) is 0 Å². The van der Waals surface area contributed by atoms with E-state index in [-0.39, 0.29) is 11.8 Å². The van der Waals surface area contributed by atoms with E-state index in [2.05, 4.69) is 20.5 Å². The van der Waals surface area contributed by atoms with Crippen molar-refractivity contribution >= 4 is 9.84 Å². The van der Waals surface area contributed by atoms with Crippen molar-refractivity contribution in [1.29, 1.82) is 0 Å². The quantitative estimate of drug-likeness (QED) is 0.822. The maximum Gasteiger partial charge on any atom is 0.191 e. The van der Waals surface area contributed by atoms with Crippen LogP contribution in [0.1, 0.15) is 67.8 Å². The average molecular weight is 339 g/mol. The van der Waals surface area contributed by atoms with E-state index in [1.807, 2.05) is 0 Å². The number of hydrogen-bond acceptors (Lipinski definition) is 7. The van der Waals surface area contributed by atoms with Crippen LogP contribution < -0.4 is 0 Å². The third-order valence-corrected chi connectivity index (χ3v) is 6.33. The Bertz CT molecular complexity index is 761. The molecule has 1 aliphatic carbocycles. The second-order valence-corrected chi connectivity index (χ2v) is 8.39. The topological polar surface area (TPSA) is 104 Å². The van der Waals surface area contributed by atoms with Crippen molar-refractivity contribution in [3.8, 4) is 0 Å². The third kappa shape index (κ3) is 3.44. The monoisotopic (exact) mass is 339 g/mol. The first-order valence-electron chi connectivity index (χ1n) is 7.88. The largest absolute Gasteiger partial charge is 0.445 e. The molecule has 9 heteroatoms. The lowest BCUT2D eigenvalue weighted by atomic mass is 9.95. The molecule has 2 aromatic rings. The van der Waals surface area contributed by atoms with Gasteiger partial charge in [-0.3, -0.25) is 0 Å². The Morgan fingerprint density at radius 1 is 1.35 bits per heavy atom. The van der Waals surface area contributed by atoms with Crippen molar-refractivity contribution in [2.24, 2.45) is 0 Å². The summed E-state index contributed by atoms with van der Waals surface area (Å²) >= 11 is 0. The van der Waals surface area contributed by atoms with E-state index in [0.29, 0.717) is 17.5 Å². The van der Waals surface area contributed by atoms with Gasteiger partial charge in [0.25, 0.3) is 0 Å². The number of aryl methyl sites for hydroxylation is 1. The second-order valence-electron chi connectivity index (χ2n) is 6.07. The molecule has 2 heterocycles. The van der Waals surface area contributed by atoms with E-state index in [1.54, 1.807) is 18.5 Å². The van der Waals surface area contributed by atoms with E-state index in [9.17, 15) is 8.42 Å². The number of sulfone groups is 1. The van der Waals surface area contributed by atoms with Gasteiger partial charge in [-0.1, -0.05) is 19.3 Å². The highest BCUT2D eigenvalue weighted by molar-refractivity contribution is 7.90. The molecule has 0 N–H and O–H groups in total. The summed E-state index contributed by atoms with van der Waals surface area (Å²) in [5.41, 5.74) is 0. The maximum absolute atomic E-state index is 12.6. The van der Waals surface area contributed by atoms with Gasteiger partial charge in [0.05, 0.1) is 12.2 Å². The summed E-state index contributed by atoms with van der Waals surface area (Å²) in [4.78, 5) is 3.94. The molecule has 0 aromatic carbocycles. The van der Waals surface area contributed by atoms with Crippen LogP contribution in [0.4, 0.5) is 0 Å². The average Bonchev–Trinajstić information content (AvgIpc) is 3.16. The molecule has 0 amide bonds. The first-order valence-corrected chi connectivity index (χ1v) is 9.59. The van der Waals surface area contributed by atoms with Crippen LogP contribution in [-0.4, -0.2) is 33.6 Å².